The molecule has 2 rings (SSSR count). The van der Waals surface area contributed by atoms with Crippen LogP contribution in [0.2, 0.25) is 10.0 Å². The predicted octanol–water partition coefficient (Wildman–Crippen LogP) is 2.70. The molecule has 2 aromatic carbocycles. The lowest BCUT2D eigenvalue weighted by Crippen LogP contribution is -2.39. The van der Waals surface area contributed by atoms with Gasteiger partial charge in [0.1, 0.15) is 6.54 Å². The van der Waals surface area contributed by atoms with Crippen LogP contribution in [0.3, 0.4) is 0 Å². The van der Waals surface area contributed by atoms with Crippen molar-refractivity contribution in [2.75, 3.05) is 24.2 Å². The first kappa shape index (κ1) is 22.7. The van der Waals surface area contributed by atoms with Gasteiger partial charge in [0, 0.05) is 0 Å². The zero-order chi connectivity index (χ0) is 21.6. The standard InChI is InChI=1S/C18H17Cl2N3O5S/c1-28-18(25)13-8-6-12(7-9-13)10-21-22-16(24)11-23(29(2,26)27)15-5-3-4-14(19)17(15)20/h3-10H,11H2,1-2H3,(H,22,24)/b21-10-. The van der Waals surface area contributed by atoms with Crippen LogP contribution in [0.5, 0.6) is 0 Å². The largest absolute Gasteiger partial charge is 0.465 e. The van der Waals surface area contributed by atoms with Crippen molar-refractivity contribution in [1.29, 1.82) is 0 Å². The molecule has 154 valence electrons. The van der Waals surface area contributed by atoms with E-state index in [0.29, 0.717) is 11.1 Å². The SMILES string of the molecule is COC(=O)c1ccc(/C=N\NC(=O)CN(c2cccc(Cl)c2Cl)S(C)(=O)=O)cc1. The minimum atomic E-state index is -3.81. The van der Waals surface area contributed by atoms with E-state index in [1.54, 1.807) is 24.3 Å². The number of amides is 1. The molecule has 1 N–H and O–H groups in total. The van der Waals surface area contributed by atoms with Crippen LogP contribution in [-0.4, -0.2) is 46.4 Å². The fourth-order valence-corrected chi connectivity index (χ4v) is 3.54. The van der Waals surface area contributed by atoms with Gasteiger partial charge >= 0.3 is 5.97 Å². The average molecular weight is 458 g/mol. The van der Waals surface area contributed by atoms with Crippen LogP contribution in [0.4, 0.5) is 5.69 Å². The lowest BCUT2D eigenvalue weighted by molar-refractivity contribution is -0.119. The fraction of sp³-hybridized carbons (Fsp3) is 0.167. The monoisotopic (exact) mass is 457 g/mol. The second kappa shape index (κ2) is 9.73. The highest BCUT2D eigenvalue weighted by atomic mass is 35.5. The van der Waals surface area contributed by atoms with Crippen molar-refractivity contribution in [3.8, 4) is 0 Å². The van der Waals surface area contributed by atoms with Gasteiger partial charge in [-0.1, -0.05) is 41.4 Å². The summed E-state index contributed by atoms with van der Waals surface area (Å²) in [6.45, 7) is -0.544. The van der Waals surface area contributed by atoms with Gasteiger partial charge in [-0.2, -0.15) is 5.10 Å². The number of ether oxygens (including phenoxy) is 1. The molecule has 0 aromatic heterocycles. The third-order valence-electron chi connectivity index (χ3n) is 3.62. The van der Waals surface area contributed by atoms with Crippen molar-refractivity contribution in [3.63, 3.8) is 0 Å². The Hall–Kier alpha value is -2.62. The number of esters is 1. The molecule has 0 atom stereocenters. The first-order chi connectivity index (χ1) is 13.6. The van der Waals surface area contributed by atoms with E-state index in [1.807, 2.05) is 0 Å². The Bertz CT molecular complexity index is 1040. The summed E-state index contributed by atoms with van der Waals surface area (Å²) in [5.74, 6) is -1.16. The van der Waals surface area contributed by atoms with Crippen LogP contribution in [0, 0.1) is 0 Å². The maximum absolute atomic E-state index is 12.2. The Balaban J connectivity index is 2.08. The summed E-state index contributed by atoms with van der Waals surface area (Å²) in [5, 5.41) is 3.96. The Morgan fingerprint density at radius 1 is 1.17 bits per heavy atom. The molecule has 0 bridgehead atoms. The summed E-state index contributed by atoms with van der Waals surface area (Å²) in [5.41, 5.74) is 3.30. The molecule has 0 saturated heterocycles. The van der Waals surface area contributed by atoms with Crippen LogP contribution in [-0.2, 0) is 19.6 Å². The second-order valence-electron chi connectivity index (χ2n) is 5.75. The van der Waals surface area contributed by atoms with Crippen molar-refractivity contribution in [2.24, 2.45) is 5.10 Å². The minimum absolute atomic E-state index is 0.0154. The molecule has 0 aliphatic heterocycles. The third-order valence-corrected chi connectivity index (χ3v) is 5.56. The number of hydrogen-bond donors (Lipinski definition) is 1. The number of benzene rings is 2. The molecule has 1 amide bonds. The van der Waals surface area contributed by atoms with E-state index in [9.17, 15) is 18.0 Å². The van der Waals surface area contributed by atoms with Crippen molar-refractivity contribution in [3.05, 3.63) is 63.6 Å². The van der Waals surface area contributed by atoms with E-state index < -0.39 is 28.4 Å². The number of rotatable bonds is 7. The number of sulfonamides is 1. The number of nitrogens with one attached hydrogen (secondary N) is 1. The van der Waals surface area contributed by atoms with Crippen molar-refractivity contribution in [2.45, 2.75) is 0 Å². The molecule has 29 heavy (non-hydrogen) atoms. The number of hydrogen-bond acceptors (Lipinski definition) is 6. The van der Waals surface area contributed by atoms with Crippen molar-refractivity contribution < 1.29 is 22.7 Å². The Kier molecular flexibility index (Phi) is 7.60. The highest BCUT2D eigenvalue weighted by molar-refractivity contribution is 7.92. The lowest BCUT2D eigenvalue weighted by atomic mass is 10.1. The molecular formula is C18H17Cl2N3O5S. The minimum Gasteiger partial charge on any atom is -0.465 e. The van der Waals surface area contributed by atoms with Crippen LogP contribution < -0.4 is 9.73 Å². The van der Waals surface area contributed by atoms with Crippen molar-refractivity contribution in [1.82, 2.24) is 5.43 Å². The van der Waals surface area contributed by atoms with Gasteiger partial charge in [-0.25, -0.2) is 18.6 Å². The number of nitrogens with zero attached hydrogens (tertiary/aromatic N) is 2. The summed E-state index contributed by atoms with van der Waals surface area (Å²) in [6.07, 6.45) is 2.29. The smallest absolute Gasteiger partial charge is 0.337 e. The molecule has 0 heterocycles. The Morgan fingerprint density at radius 3 is 2.41 bits per heavy atom. The van der Waals surface area contributed by atoms with Gasteiger partial charge < -0.3 is 4.74 Å². The maximum Gasteiger partial charge on any atom is 0.337 e. The van der Waals surface area contributed by atoms with Gasteiger partial charge in [0.25, 0.3) is 5.91 Å². The van der Waals surface area contributed by atoms with Crippen LogP contribution in [0.25, 0.3) is 0 Å². The van der Waals surface area contributed by atoms with Gasteiger partial charge in [0.05, 0.1) is 40.9 Å². The number of halogens is 2. The van der Waals surface area contributed by atoms with Gasteiger partial charge in [-0.3, -0.25) is 9.10 Å². The number of anilines is 1. The molecule has 0 radical (unpaired) electrons. The van der Waals surface area contributed by atoms with E-state index >= 15 is 0 Å². The first-order valence-electron chi connectivity index (χ1n) is 8.05. The normalized spacial score (nSPS) is 11.3. The van der Waals surface area contributed by atoms with Gasteiger partial charge in [0.2, 0.25) is 10.0 Å². The van der Waals surface area contributed by atoms with E-state index in [4.69, 9.17) is 23.2 Å². The molecule has 0 aliphatic carbocycles. The molecular weight excluding hydrogens is 441 g/mol. The molecule has 11 heteroatoms. The quantitative estimate of drug-likeness (QED) is 0.390. The summed E-state index contributed by atoms with van der Waals surface area (Å²) >= 11 is 12.0. The number of carbonyl (C=O) groups is 2. The predicted molar refractivity (Wildman–Crippen MR) is 112 cm³/mol. The van der Waals surface area contributed by atoms with Gasteiger partial charge in [-0.15, -0.1) is 0 Å². The molecule has 0 aliphatic rings. The van der Waals surface area contributed by atoms with Gasteiger partial charge in [0.15, 0.2) is 0 Å². The second-order valence-corrected chi connectivity index (χ2v) is 8.44. The molecule has 0 unspecified atom stereocenters. The van der Waals surface area contributed by atoms with Crippen LogP contribution >= 0.6 is 23.2 Å². The van der Waals surface area contributed by atoms with E-state index in [-0.39, 0.29) is 15.7 Å². The van der Waals surface area contributed by atoms with E-state index in [2.05, 4.69) is 15.3 Å². The number of hydrazone groups is 1. The first-order valence-corrected chi connectivity index (χ1v) is 10.7. The zero-order valence-corrected chi connectivity index (χ0v) is 17.8. The molecule has 0 fully saturated rings. The Labute approximate surface area is 178 Å². The molecule has 2 aromatic rings. The molecule has 0 saturated carbocycles. The summed E-state index contributed by atoms with van der Waals surface area (Å²) in [4.78, 5) is 23.6. The van der Waals surface area contributed by atoms with E-state index in [0.717, 1.165) is 10.6 Å². The third kappa shape index (κ3) is 6.18. The maximum atomic E-state index is 12.2. The summed E-state index contributed by atoms with van der Waals surface area (Å²) in [6, 6.07) is 10.8. The average Bonchev–Trinajstić information content (AvgIpc) is 2.67. The van der Waals surface area contributed by atoms with Crippen LogP contribution in [0.15, 0.2) is 47.6 Å². The summed E-state index contributed by atoms with van der Waals surface area (Å²) in [7, 11) is -2.53. The topological polar surface area (TPSA) is 105 Å². The Morgan fingerprint density at radius 2 is 1.83 bits per heavy atom. The van der Waals surface area contributed by atoms with Crippen molar-refractivity contribution >= 4 is 57.0 Å². The highest BCUT2D eigenvalue weighted by Gasteiger charge is 2.23. The lowest BCUT2D eigenvalue weighted by Gasteiger charge is -2.22. The van der Waals surface area contributed by atoms with Crippen LogP contribution in [0.1, 0.15) is 15.9 Å². The highest BCUT2D eigenvalue weighted by Crippen LogP contribution is 2.33. The zero-order valence-electron chi connectivity index (χ0n) is 15.4. The molecule has 8 nitrogen and oxygen atoms in total. The summed E-state index contributed by atoms with van der Waals surface area (Å²) < 4.78 is 29.6. The molecule has 0 spiro atoms. The fourth-order valence-electron chi connectivity index (χ4n) is 2.23. The van der Waals surface area contributed by atoms with E-state index in [1.165, 1.54) is 31.5 Å². The number of methoxy groups -OCH3 is 1. The van der Waals surface area contributed by atoms with Gasteiger partial charge in [-0.05, 0) is 29.8 Å². The number of carbonyl (C=O) groups excluding carboxylic acids is 2.